The molecular formula is C18H12F3NO2. The van der Waals surface area contributed by atoms with Gasteiger partial charge in [-0.3, -0.25) is 14.5 Å². The van der Waals surface area contributed by atoms with Crippen molar-refractivity contribution in [3.05, 3.63) is 76.9 Å². The third-order valence-corrected chi connectivity index (χ3v) is 3.88. The molecule has 0 aromatic heterocycles. The summed E-state index contributed by atoms with van der Waals surface area (Å²) < 4.78 is 39.8. The molecule has 1 aliphatic heterocycles. The molecule has 2 amide bonds. The third-order valence-electron chi connectivity index (χ3n) is 3.88. The molecule has 3 nitrogen and oxygen atoms in total. The summed E-state index contributed by atoms with van der Waals surface area (Å²) in [7, 11) is 0. The molecule has 0 radical (unpaired) electrons. The number of hydrogen-bond donors (Lipinski definition) is 0. The first-order valence-electron chi connectivity index (χ1n) is 7.10. The van der Waals surface area contributed by atoms with Crippen LogP contribution in [0.5, 0.6) is 0 Å². The van der Waals surface area contributed by atoms with Crippen LogP contribution in [0.4, 0.5) is 13.2 Å². The van der Waals surface area contributed by atoms with E-state index in [1.165, 1.54) is 30.3 Å². The molecule has 0 spiro atoms. The SMILES string of the molecule is C=Cc1ccc(CN2C(=O)c3ccccc3C2=O)c(C(F)(F)F)c1. The van der Waals surface area contributed by atoms with Crippen LogP contribution >= 0.6 is 0 Å². The highest BCUT2D eigenvalue weighted by molar-refractivity contribution is 6.21. The number of nitrogens with zero attached hydrogens (tertiary/aromatic N) is 1. The van der Waals surface area contributed by atoms with Crippen molar-refractivity contribution < 1.29 is 22.8 Å². The summed E-state index contributed by atoms with van der Waals surface area (Å²) >= 11 is 0. The molecule has 0 aliphatic carbocycles. The highest BCUT2D eigenvalue weighted by atomic mass is 19.4. The Labute approximate surface area is 136 Å². The van der Waals surface area contributed by atoms with Gasteiger partial charge in [0.25, 0.3) is 11.8 Å². The zero-order valence-corrected chi connectivity index (χ0v) is 12.4. The van der Waals surface area contributed by atoms with E-state index in [9.17, 15) is 22.8 Å². The standard InChI is InChI=1S/C18H12F3NO2/c1-2-11-7-8-12(15(9-11)18(19,20)21)10-22-16(23)13-5-3-4-6-14(13)17(22)24/h2-9H,1,10H2. The molecule has 0 N–H and O–H groups in total. The highest BCUT2D eigenvalue weighted by Gasteiger charge is 2.38. The minimum absolute atomic E-state index is 0.136. The van der Waals surface area contributed by atoms with E-state index in [4.69, 9.17) is 0 Å². The highest BCUT2D eigenvalue weighted by Crippen LogP contribution is 2.34. The molecule has 0 unspecified atom stereocenters. The third kappa shape index (κ3) is 2.60. The van der Waals surface area contributed by atoms with Crippen molar-refractivity contribution in [1.29, 1.82) is 0 Å². The number of imide groups is 1. The minimum Gasteiger partial charge on any atom is -0.270 e. The summed E-state index contributed by atoms with van der Waals surface area (Å²) in [6.07, 6.45) is -3.28. The quantitative estimate of drug-likeness (QED) is 0.793. The fraction of sp³-hybridized carbons (Fsp3) is 0.111. The molecule has 0 saturated carbocycles. The second kappa shape index (κ2) is 5.63. The van der Waals surface area contributed by atoms with Crippen LogP contribution in [0.3, 0.4) is 0 Å². The summed E-state index contributed by atoms with van der Waals surface area (Å²) in [6, 6.07) is 9.88. The van der Waals surface area contributed by atoms with Crippen molar-refractivity contribution in [2.45, 2.75) is 12.7 Å². The zero-order chi connectivity index (χ0) is 17.5. The van der Waals surface area contributed by atoms with Gasteiger partial charge in [-0.15, -0.1) is 0 Å². The van der Waals surface area contributed by atoms with Gasteiger partial charge in [-0.1, -0.05) is 36.9 Å². The molecular weight excluding hydrogens is 319 g/mol. The first kappa shape index (κ1) is 16.0. The van der Waals surface area contributed by atoms with E-state index in [-0.39, 0.29) is 16.7 Å². The lowest BCUT2D eigenvalue weighted by atomic mass is 10.0. The minimum atomic E-state index is -4.59. The number of halogens is 3. The molecule has 3 rings (SSSR count). The molecule has 122 valence electrons. The Balaban J connectivity index is 2.00. The summed E-state index contributed by atoms with van der Waals surface area (Å²) in [5.74, 6) is -1.17. The first-order valence-corrected chi connectivity index (χ1v) is 7.10. The van der Waals surface area contributed by atoms with Crippen LogP contribution in [-0.4, -0.2) is 16.7 Å². The number of rotatable bonds is 3. The number of benzene rings is 2. The summed E-state index contributed by atoms with van der Waals surface area (Å²) in [5.41, 5.74) is -0.287. The van der Waals surface area contributed by atoms with Gasteiger partial charge >= 0.3 is 6.18 Å². The maximum Gasteiger partial charge on any atom is 0.416 e. The predicted octanol–water partition coefficient (Wildman–Crippen LogP) is 4.14. The fourth-order valence-corrected chi connectivity index (χ4v) is 2.68. The van der Waals surface area contributed by atoms with Crippen LogP contribution in [0.1, 0.15) is 37.4 Å². The largest absolute Gasteiger partial charge is 0.416 e. The van der Waals surface area contributed by atoms with E-state index < -0.39 is 30.1 Å². The van der Waals surface area contributed by atoms with Gasteiger partial charge in [-0.05, 0) is 29.3 Å². The van der Waals surface area contributed by atoms with E-state index in [1.807, 2.05) is 0 Å². The van der Waals surface area contributed by atoms with Gasteiger partial charge in [0.2, 0.25) is 0 Å². The Morgan fingerprint density at radius 1 is 1.00 bits per heavy atom. The van der Waals surface area contributed by atoms with Gasteiger partial charge < -0.3 is 0 Å². The Morgan fingerprint density at radius 3 is 2.08 bits per heavy atom. The van der Waals surface area contributed by atoms with Crippen LogP contribution in [0.25, 0.3) is 6.08 Å². The van der Waals surface area contributed by atoms with Crippen molar-refractivity contribution in [1.82, 2.24) is 4.90 Å². The van der Waals surface area contributed by atoms with Crippen LogP contribution in [0.2, 0.25) is 0 Å². The molecule has 1 heterocycles. The van der Waals surface area contributed by atoms with E-state index in [0.29, 0.717) is 5.56 Å². The zero-order valence-electron chi connectivity index (χ0n) is 12.4. The number of amides is 2. The normalized spacial score (nSPS) is 14.0. The van der Waals surface area contributed by atoms with E-state index in [1.54, 1.807) is 12.1 Å². The molecule has 0 fully saturated rings. The fourth-order valence-electron chi connectivity index (χ4n) is 2.68. The van der Waals surface area contributed by atoms with Gasteiger partial charge in [-0.2, -0.15) is 13.2 Å². The topological polar surface area (TPSA) is 37.4 Å². The molecule has 0 atom stereocenters. The Bertz CT molecular complexity index is 821. The van der Waals surface area contributed by atoms with E-state index in [0.717, 1.165) is 11.0 Å². The molecule has 2 aromatic carbocycles. The monoisotopic (exact) mass is 331 g/mol. The second-order valence-electron chi connectivity index (χ2n) is 5.36. The van der Waals surface area contributed by atoms with Gasteiger partial charge in [0.15, 0.2) is 0 Å². The van der Waals surface area contributed by atoms with Crippen LogP contribution in [-0.2, 0) is 12.7 Å². The molecule has 6 heteroatoms. The van der Waals surface area contributed by atoms with Gasteiger partial charge in [-0.25, -0.2) is 0 Å². The Kier molecular flexibility index (Phi) is 3.75. The number of alkyl halides is 3. The predicted molar refractivity (Wildman–Crippen MR) is 82.2 cm³/mol. The van der Waals surface area contributed by atoms with E-state index >= 15 is 0 Å². The van der Waals surface area contributed by atoms with Gasteiger partial charge in [0.05, 0.1) is 23.2 Å². The summed E-state index contributed by atoms with van der Waals surface area (Å²) in [4.78, 5) is 25.4. The lowest BCUT2D eigenvalue weighted by Gasteiger charge is -2.18. The lowest BCUT2D eigenvalue weighted by Crippen LogP contribution is -2.30. The van der Waals surface area contributed by atoms with Crippen LogP contribution in [0.15, 0.2) is 49.0 Å². The number of carbonyl (C=O) groups is 2. The number of hydrogen-bond acceptors (Lipinski definition) is 2. The number of fused-ring (bicyclic) bond motifs is 1. The van der Waals surface area contributed by atoms with Crippen molar-refractivity contribution in [2.24, 2.45) is 0 Å². The van der Waals surface area contributed by atoms with Crippen molar-refractivity contribution in [3.8, 4) is 0 Å². The van der Waals surface area contributed by atoms with Crippen molar-refractivity contribution >= 4 is 17.9 Å². The second-order valence-corrected chi connectivity index (χ2v) is 5.36. The van der Waals surface area contributed by atoms with Gasteiger partial charge in [0.1, 0.15) is 0 Å². The average molecular weight is 331 g/mol. The van der Waals surface area contributed by atoms with Crippen molar-refractivity contribution in [3.63, 3.8) is 0 Å². The lowest BCUT2D eigenvalue weighted by molar-refractivity contribution is -0.138. The Morgan fingerprint density at radius 2 is 1.58 bits per heavy atom. The average Bonchev–Trinajstić information content (AvgIpc) is 2.80. The number of carbonyl (C=O) groups excluding carboxylic acids is 2. The van der Waals surface area contributed by atoms with E-state index in [2.05, 4.69) is 6.58 Å². The molecule has 24 heavy (non-hydrogen) atoms. The molecule has 0 saturated heterocycles. The molecule has 2 aromatic rings. The molecule has 1 aliphatic rings. The van der Waals surface area contributed by atoms with Crippen LogP contribution < -0.4 is 0 Å². The van der Waals surface area contributed by atoms with Crippen molar-refractivity contribution in [2.75, 3.05) is 0 Å². The summed E-state index contributed by atoms with van der Waals surface area (Å²) in [6.45, 7) is 3.02. The van der Waals surface area contributed by atoms with Crippen LogP contribution in [0, 0.1) is 0 Å². The summed E-state index contributed by atoms with van der Waals surface area (Å²) in [5, 5.41) is 0. The van der Waals surface area contributed by atoms with Gasteiger partial charge in [0, 0.05) is 0 Å². The molecule has 0 bridgehead atoms. The first-order chi connectivity index (χ1) is 11.3. The maximum absolute atomic E-state index is 13.3. The smallest absolute Gasteiger partial charge is 0.270 e. The Hall–Kier alpha value is -2.89. The maximum atomic E-state index is 13.3.